The molecule has 8 heteroatoms. The van der Waals surface area contributed by atoms with Crippen molar-refractivity contribution in [1.29, 1.82) is 0 Å². The van der Waals surface area contributed by atoms with Gasteiger partial charge in [-0.25, -0.2) is 9.18 Å². The molecular weight excluding hydrogens is 387 g/mol. The first-order valence-corrected chi connectivity index (χ1v) is 9.26. The Hall–Kier alpha value is -4.07. The molecule has 5 rings (SSSR count). The van der Waals surface area contributed by atoms with Crippen LogP contribution < -0.4 is 16.0 Å². The van der Waals surface area contributed by atoms with Crippen molar-refractivity contribution in [1.82, 2.24) is 19.1 Å². The van der Waals surface area contributed by atoms with Crippen molar-refractivity contribution >= 4 is 21.9 Å². The number of halogens is 1. The molecule has 7 nitrogen and oxygen atoms in total. The lowest BCUT2D eigenvalue weighted by atomic mass is 10.0. The van der Waals surface area contributed by atoms with Gasteiger partial charge >= 0.3 is 5.69 Å². The van der Waals surface area contributed by atoms with Crippen LogP contribution in [0.3, 0.4) is 0 Å². The maximum atomic E-state index is 13.4. The summed E-state index contributed by atoms with van der Waals surface area (Å²) in [6, 6.07) is 11.1. The minimum absolute atomic E-state index is 0.144. The Labute approximate surface area is 169 Å². The van der Waals surface area contributed by atoms with Gasteiger partial charge in [0, 0.05) is 43.0 Å². The number of ether oxygens (including phenoxy) is 1. The summed E-state index contributed by atoms with van der Waals surface area (Å²) in [6.45, 7) is 0. The summed E-state index contributed by atoms with van der Waals surface area (Å²) in [5.41, 5.74) is 2.68. The van der Waals surface area contributed by atoms with Crippen LogP contribution in [0.25, 0.3) is 33.1 Å². The molecule has 0 saturated carbocycles. The molecule has 0 atom stereocenters. The number of benzene rings is 2. The smallest absolute Gasteiger partial charge is 0.326 e. The van der Waals surface area contributed by atoms with E-state index in [1.54, 1.807) is 26.5 Å². The first kappa shape index (κ1) is 18.0. The fourth-order valence-corrected chi connectivity index (χ4v) is 3.69. The van der Waals surface area contributed by atoms with Gasteiger partial charge in [0.05, 0.1) is 5.52 Å². The Kier molecular flexibility index (Phi) is 3.89. The summed E-state index contributed by atoms with van der Waals surface area (Å²) < 4.78 is 22.5. The number of nitrogens with zero attached hydrogens (tertiary/aromatic N) is 2. The number of hydrogen-bond donors (Lipinski definition) is 2. The number of aromatic nitrogens is 4. The molecule has 0 aliphatic heterocycles. The molecule has 0 aliphatic carbocycles. The zero-order valence-electron chi connectivity index (χ0n) is 16.2. The first-order valence-electron chi connectivity index (χ1n) is 9.26. The van der Waals surface area contributed by atoms with E-state index >= 15 is 0 Å². The molecular formula is C22H17FN4O3. The Balaban J connectivity index is 1.84. The number of H-pyrrole nitrogens is 2. The van der Waals surface area contributed by atoms with Gasteiger partial charge in [0.1, 0.15) is 22.6 Å². The van der Waals surface area contributed by atoms with E-state index in [4.69, 9.17) is 4.74 Å². The zero-order chi connectivity index (χ0) is 21.0. The lowest BCUT2D eigenvalue weighted by Crippen LogP contribution is -2.16. The van der Waals surface area contributed by atoms with E-state index in [9.17, 15) is 14.0 Å². The summed E-state index contributed by atoms with van der Waals surface area (Å²) in [5.74, 6) is 0.462. The van der Waals surface area contributed by atoms with Crippen LogP contribution >= 0.6 is 0 Å². The highest BCUT2D eigenvalue weighted by Crippen LogP contribution is 2.40. The summed E-state index contributed by atoms with van der Waals surface area (Å²) in [7, 11) is 3.34. The minimum Gasteiger partial charge on any atom is -0.454 e. The molecule has 0 fully saturated rings. The average molecular weight is 404 g/mol. The van der Waals surface area contributed by atoms with Gasteiger partial charge in [-0.3, -0.25) is 9.36 Å². The van der Waals surface area contributed by atoms with Gasteiger partial charge in [0.25, 0.3) is 5.56 Å². The second-order valence-corrected chi connectivity index (χ2v) is 7.11. The first-order chi connectivity index (χ1) is 14.4. The monoisotopic (exact) mass is 404 g/mol. The Morgan fingerprint density at radius 1 is 0.933 bits per heavy atom. The third-order valence-corrected chi connectivity index (χ3v) is 5.25. The van der Waals surface area contributed by atoms with Crippen molar-refractivity contribution in [2.24, 2.45) is 14.1 Å². The largest absolute Gasteiger partial charge is 0.454 e. The molecule has 0 radical (unpaired) electrons. The standard InChI is InChI=1S/C22H17FN4O3/c1-26-11-16(14-9-10-24-18(14)21(26)28)15-7-8-17-19(25-22(29)27(17)2)20(15)30-13-5-3-12(23)4-6-13/h3-11,24H,1-2H3,(H,25,29). The predicted molar refractivity (Wildman–Crippen MR) is 113 cm³/mol. The van der Waals surface area contributed by atoms with Crippen LogP contribution in [0.4, 0.5) is 4.39 Å². The molecule has 0 unspecified atom stereocenters. The zero-order valence-corrected chi connectivity index (χ0v) is 16.2. The average Bonchev–Trinajstić information content (AvgIpc) is 3.33. The summed E-state index contributed by atoms with van der Waals surface area (Å²) in [5, 5.41) is 0.736. The summed E-state index contributed by atoms with van der Waals surface area (Å²) >= 11 is 0. The molecule has 0 saturated heterocycles. The van der Waals surface area contributed by atoms with Crippen LogP contribution in [0.15, 0.2) is 64.4 Å². The van der Waals surface area contributed by atoms with E-state index in [0.717, 1.165) is 10.9 Å². The van der Waals surface area contributed by atoms with Crippen LogP contribution in [0.5, 0.6) is 11.5 Å². The molecule has 0 bridgehead atoms. The van der Waals surface area contributed by atoms with Crippen LogP contribution in [-0.2, 0) is 14.1 Å². The molecule has 5 aromatic rings. The maximum absolute atomic E-state index is 13.4. The predicted octanol–water partition coefficient (Wildman–Crippen LogP) is 3.65. The van der Waals surface area contributed by atoms with E-state index in [0.29, 0.717) is 33.6 Å². The number of pyridine rings is 1. The number of aryl methyl sites for hydroxylation is 2. The van der Waals surface area contributed by atoms with Gasteiger partial charge in [-0.05, 0) is 42.5 Å². The summed E-state index contributed by atoms with van der Waals surface area (Å²) in [6.07, 6.45) is 3.44. The van der Waals surface area contributed by atoms with Crippen LogP contribution in [0, 0.1) is 5.82 Å². The highest BCUT2D eigenvalue weighted by molar-refractivity contribution is 6.00. The molecule has 2 aromatic carbocycles. The molecule has 0 amide bonds. The quantitative estimate of drug-likeness (QED) is 0.481. The van der Waals surface area contributed by atoms with Gasteiger partial charge in [-0.15, -0.1) is 0 Å². The maximum Gasteiger partial charge on any atom is 0.326 e. The van der Waals surface area contributed by atoms with Crippen LogP contribution in [-0.4, -0.2) is 19.1 Å². The molecule has 0 aliphatic rings. The van der Waals surface area contributed by atoms with E-state index in [2.05, 4.69) is 9.97 Å². The number of imidazole rings is 1. The van der Waals surface area contributed by atoms with E-state index < -0.39 is 0 Å². The van der Waals surface area contributed by atoms with Crippen LogP contribution in [0.1, 0.15) is 0 Å². The molecule has 2 N–H and O–H groups in total. The minimum atomic E-state index is -0.374. The van der Waals surface area contributed by atoms with Crippen molar-refractivity contribution in [3.63, 3.8) is 0 Å². The van der Waals surface area contributed by atoms with Crippen molar-refractivity contribution in [2.75, 3.05) is 0 Å². The number of aromatic amines is 2. The molecule has 0 spiro atoms. The highest BCUT2D eigenvalue weighted by atomic mass is 19.1. The second kappa shape index (κ2) is 6.48. The van der Waals surface area contributed by atoms with Gasteiger partial charge in [0.2, 0.25) is 0 Å². The fraction of sp³-hybridized carbons (Fsp3) is 0.0909. The highest BCUT2D eigenvalue weighted by Gasteiger charge is 2.19. The lowest BCUT2D eigenvalue weighted by molar-refractivity contribution is 0.487. The number of fused-ring (bicyclic) bond motifs is 2. The number of nitrogens with one attached hydrogen (secondary N) is 2. The van der Waals surface area contributed by atoms with Gasteiger partial charge < -0.3 is 19.3 Å². The Bertz CT molecular complexity index is 1540. The van der Waals surface area contributed by atoms with Crippen molar-refractivity contribution in [3.05, 3.63) is 81.5 Å². The van der Waals surface area contributed by atoms with E-state index in [-0.39, 0.29) is 17.1 Å². The van der Waals surface area contributed by atoms with E-state index in [1.807, 2.05) is 18.2 Å². The topological polar surface area (TPSA) is 84.8 Å². The molecule has 150 valence electrons. The third-order valence-electron chi connectivity index (χ3n) is 5.25. The normalized spacial score (nSPS) is 11.4. The van der Waals surface area contributed by atoms with E-state index in [1.165, 1.54) is 33.4 Å². The lowest BCUT2D eigenvalue weighted by Gasteiger charge is -2.14. The second-order valence-electron chi connectivity index (χ2n) is 7.11. The molecule has 3 aromatic heterocycles. The SMILES string of the molecule is Cn1cc(-c2ccc3c([nH]c(=O)n3C)c2Oc2ccc(F)cc2)c2cc[nH]c2c1=O. The molecule has 30 heavy (non-hydrogen) atoms. The van der Waals surface area contributed by atoms with Crippen molar-refractivity contribution < 1.29 is 9.13 Å². The summed E-state index contributed by atoms with van der Waals surface area (Å²) in [4.78, 5) is 30.5. The van der Waals surface area contributed by atoms with Crippen molar-refractivity contribution in [3.8, 4) is 22.6 Å². The number of rotatable bonds is 3. The molecule has 3 heterocycles. The third kappa shape index (κ3) is 2.65. The number of hydrogen-bond acceptors (Lipinski definition) is 3. The van der Waals surface area contributed by atoms with Crippen LogP contribution in [0.2, 0.25) is 0 Å². The van der Waals surface area contributed by atoms with Crippen molar-refractivity contribution in [2.45, 2.75) is 0 Å². The van der Waals surface area contributed by atoms with Gasteiger partial charge in [-0.2, -0.15) is 0 Å². The fourth-order valence-electron chi connectivity index (χ4n) is 3.69. The Morgan fingerprint density at radius 2 is 1.70 bits per heavy atom. The van der Waals surface area contributed by atoms with Gasteiger partial charge in [0.15, 0.2) is 5.75 Å². The Morgan fingerprint density at radius 3 is 2.47 bits per heavy atom. The van der Waals surface area contributed by atoms with Gasteiger partial charge in [-0.1, -0.05) is 0 Å².